The summed E-state index contributed by atoms with van der Waals surface area (Å²) in [4.78, 5) is 14.3. The molecule has 2 fully saturated rings. The molecule has 1 saturated heterocycles. The van der Waals surface area contributed by atoms with Crippen molar-refractivity contribution in [3.63, 3.8) is 0 Å². The second-order valence-corrected chi connectivity index (χ2v) is 6.54. The van der Waals surface area contributed by atoms with E-state index >= 15 is 0 Å². The molecule has 0 spiro atoms. The molecule has 1 amide bonds. The van der Waals surface area contributed by atoms with Gasteiger partial charge in [0.15, 0.2) is 0 Å². The van der Waals surface area contributed by atoms with E-state index in [0.717, 1.165) is 58.2 Å². The highest BCUT2D eigenvalue weighted by Gasteiger charge is 2.32. The first kappa shape index (κ1) is 17.2. The van der Waals surface area contributed by atoms with E-state index in [9.17, 15) is 10.1 Å². The summed E-state index contributed by atoms with van der Waals surface area (Å²) in [6.07, 6.45) is 6.02. The van der Waals surface area contributed by atoms with E-state index in [-0.39, 0.29) is 18.6 Å². The van der Waals surface area contributed by atoms with Crippen molar-refractivity contribution < 1.29 is 9.53 Å². The summed E-state index contributed by atoms with van der Waals surface area (Å²) in [6, 6.07) is 2.34. The van der Waals surface area contributed by atoms with E-state index in [4.69, 9.17) is 4.74 Å². The van der Waals surface area contributed by atoms with Gasteiger partial charge in [0.1, 0.15) is 5.54 Å². The van der Waals surface area contributed by atoms with Gasteiger partial charge in [-0.25, -0.2) is 0 Å². The number of likely N-dealkylation sites (N-methyl/N-ethyl adjacent to an activating group) is 1. The summed E-state index contributed by atoms with van der Waals surface area (Å²) in [5, 5.41) is 15.6. The molecule has 0 aromatic rings. The summed E-state index contributed by atoms with van der Waals surface area (Å²) >= 11 is 0. The normalized spacial score (nSPS) is 25.9. The van der Waals surface area contributed by atoms with Crippen molar-refractivity contribution in [2.75, 3.05) is 39.8 Å². The molecule has 1 aliphatic heterocycles. The third kappa shape index (κ3) is 5.24. The molecule has 0 aromatic carbocycles. The van der Waals surface area contributed by atoms with Gasteiger partial charge in [-0.3, -0.25) is 4.79 Å². The fourth-order valence-corrected chi connectivity index (χ4v) is 3.24. The standard InChI is InChI=1S/C16H28N4O2/c1-20-8-9-22-14(12-20)10-18-11-15(21)19-16(13-17)6-4-2-3-5-7-16/h14,18H,2-12H2,1H3,(H,19,21). The van der Waals surface area contributed by atoms with Gasteiger partial charge in [0.25, 0.3) is 0 Å². The first-order valence-electron chi connectivity index (χ1n) is 8.37. The van der Waals surface area contributed by atoms with Crippen molar-refractivity contribution in [2.24, 2.45) is 0 Å². The van der Waals surface area contributed by atoms with Crippen molar-refractivity contribution in [1.82, 2.24) is 15.5 Å². The Morgan fingerprint density at radius 1 is 1.36 bits per heavy atom. The number of carbonyl (C=O) groups is 1. The van der Waals surface area contributed by atoms with Gasteiger partial charge in [0, 0.05) is 19.6 Å². The molecule has 6 nitrogen and oxygen atoms in total. The van der Waals surface area contributed by atoms with Crippen molar-refractivity contribution >= 4 is 5.91 Å². The predicted molar refractivity (Wildman–Crippen MR) is 84.3 cm³/mol. The van der Waals surface area contributed by atoms with Gasteiger partial charge in [-0.05, 0) is 19.9 Å². The van der Waals surface area contributed by atoms with Crippen molar-refractivity contribution in [3.8, 4) is 6.07 Å². The lowest BCUT2D eigenvalue weighted by Crippen LogP contribution is -2.51. The van der Waals surface area contributed by atoms with Crippen LogP contribution in [0.3, 0.4) is 0 Å². The first-order valence-corrected chi connectivity index (χ1v) is 8.37. The van der Waals surface area contributed by atoms with Crippen molar-refractivity contribution in [1.29, 1.82) is 5.26 Å². The third-order valence-corrected chi connectivity index (χ3v) is 4.55. The topological polar surface area (TPSA) is 77.4 Å². The van der Waals surface area contributed by atoms with Crippen molar-refractivity contribution in [2.45, 2.75) is 50.2 Å². The number of carbonyl (C=O) groups excluding carboxylic acids is 1. The molecule has 0 radical (unpaired) electrons. The van der Waals surface area contributed by atoms with Gasteiger partial charge in [0.2, 0.25) is 5.91 Å². The molecular weight excluding hydrogens is 280 g/mol. The smallest absolute Gasteiger partial charge is 0.235 e. The summed E-state index contributed by atoms with van der Waals surface area (Å²) in [5.74, 6) is -0.0902. The van der Waals surface area contributed by atoms with Crippen LogP contribution >= 0.6 is 0 Å². The Labute approximate surface area is 133 Å². The molecule has 124 valence electrons. The summed E-state index contributed by atoms with van der Waals surface area (Å²) in [5.41, 5.74) is -0.656. The number of morpholine rings is 1. The summed E-state index contributed by atoms with van der Waals surface area (Å²) in [6.45, 7) is 3.50. The van der Waals surface area contributed by atoms with Gasteiger partial charge < -0.3 is 20.3 Å². The maximum absolute atomic E-state index is 12.1. The minimum Gasteiger partial charge on any atom is -0.374 e. The van der Waals surface area contributed by atoms with Crippen LogP contribution < -0.4 is 10.6 Å². The molecule has 1 atom stereocenters. The molecule has 1 unspecified atom stereocenters. The van der Waals surface area contributed by atoms with Gasteiger partial charge in [-0.2, -0.15) is 5.26 Å². The number of nitrogens with zero attached hydrogens (tertiary/aromatic N) is 2. The predicted octanol–water partition coefficient (Wildman–Crippen LogP) is 0.639. The van der Waals surface area contributed by atoms with E-state index in [0.29, 0.717) is 6.54 Å². The highest BCUT2D eigenvalue weighted by atomic mass is 16.5. The molecule has 2 aliphatic rings. The van der Waals surface area contributed by atoms with Gasteiger partial charge in [0.05, 0.1) is 25.3 Å². The summed E-state index contributed by atoms with van der Waals surface area (Å²) in [7, 11) is 2.07. The largest absolute Gasteiger partial charge is 0.374 e. The maximum Gasteiger partial charge on any atom is 0.235 e. The number of hydrogen-bond acceptors (Lipinski definition) is 5. The van der Waals surface area contributed by atoms with E-state index in [1.807, 2.05) is 0 Å². The van der Waals surface area contributed by atoms with Crippen LogP contribution in [0.25, 0.3) is 0 Å². The van der Waals surface area contributed by atoms with E-state index < -0.39 is 5.54 Å². The fraction of sp³-hybridized carbons (Fsp3) is 0.875. The average molecular weight is 308 g/mol. The minimum atomic E-state index is -0.656. The Morgan fingerprint density at radius 3 is 2.73 bits per heavy atom. The van der Waals surface area contributed by atoms with Crippen LogP contribution in [0.1, 0.15) is 38.5 Å². The molecule has 2 rings (SSSR count). The van der Waals surface area contributed by atoms with Gasteiger partial charge in [-0.1, -0.05) is 25.7 Å². The van der Waals surface area contributed by atoms with Crippen LogP contribution in [0.15, 0.2) is 0 Å². The number of ether oxygens (including phenoxy) is 1. The quantitative estimate of drug-likeness (QED) is 0.729. The zero-order valence-electron chi connectivity index (χ0n) is 13.6. The zero-order valence-corrected chi connectivity index (χ0v) is 13.6. The number of nitrogens with one attached hydrogen (secondary N) is 2. The second-order valence-electron chi connectivity index (χ2n) is 6.54. The molecule has 6 heteroatoms. The van der Waals surface area contributed by atoms with Crippen molar-refractivity contribution in [3.05, 3.63) is 0 Å². The van der Waals surface area contributed by atoms with Gasteiger partial charge in [-0.15, -0.1) is 0 Å². The van der Waals surface area contributed by atoms with Crippen LogP contribution in [-0.4, -0.2) is 62.3 Å². The lowest BCUT2D eigenvalue weighted by molar-refractivity contribution is -0.121. The maximum atomic E-state index is 12.1. The molecule has 0 bridgehead atoms. The Balaban J connectivity index is 1.71. The molecule has 1 heterocycles. The zero-order chi connectivity index (χ0) is 15.8. The van der Waals surface area contributed by atoms with Crippen LogP contribution in [-0.2, 0) is 9.53 Å². The SMILES string of the molecule is CN1CCOC(CNCC(=O)NC2(C#N)CCCCCC2)C1. The van der Waals surface area contributed by atoms with Gasteiger partial charge >= 0.3 is 0 Å². The number of nitriles is 1. The van der Waals surface area contributed by atoms with Crippen LogP contribution in [0.4, 0.5) is 0 Å². The van der Waals surface area contributed by atoms with E-state index in [1.165, 1.54) is 0 Å². The Kier molecular flexibility index (Phi) is 6.62. The molecule has 1 saturated carbocycles. The Morgan fingerprint density at radius 2 is 2.09 bits per heavy atom. The summed E-state index contributed by atoms with van der Waals surface area (Å²) < 4.78 is 5.65. The monoisotopic (exact) mass is 308 g/mol. The highest BCUT2D eigenvalue weighted by Crippen LogP contribution is 2.26. The minimum absolute atomic E-state index is 0.0902. The van der Waals surface area contributed by atoms with Crippen LogP contribution in [0.5, 0.6) is 0 Å². The Bertz CT molecular complexity index is 399. The molecular formula is C16H28N4O2. The number of amides is 1. The molecule has 1 aliphatic carbocycles. The van der Waals surface area contributed by atoms with Crippen LogP contribution in [0.2, 0.25) is 0 Å². The number of hydrogen-bond donors (Lipinski definition) is 2. The van der Waals surface area contributed by atoms with E-state index in [1.54, 1.807) is 0 Å². The average Bonchev–Trinajstić information content (AvgIpc) is 2.73. The lowest BCUT2D eigenvalue weighted by atomic mass is 9.92. The Hall–Kier alpha value is -1.16. The third-order valence-electron chi connectivity index (χ3n) is 4.55. The van der Waals surface area contributed by atoms with Crippen LogP contribution in [0, 0.1) is 11.3 Å². The first-order chi connectivity index (χ1) is 10.6. The lowest BCUT2D eigenvalue weighted by Gasteiger charge is -2.30. The molecule has 22 heavy (non-hydrogen) atoms. The second kappa shape index (κ2) is 8.47. The fourth-order valence-electron chi connectivity index (χ4n) is 3.24. The molecule has 2 N–H and O–H groups in total. The number of rotatable bonds is 5. The molecule has 0 aromatic heterocycles. The highest BCUT2D eigenvalue weighted by molar-refractivity contribution is 5.79. The van der Waals surface area contributed by atoms with E-state index in [2.05, 4.69) is 28.7 Å².